The molecule has 0 aliphatic heterocycles. The van der Waals surface area contributed by atoms with Crippen LogP contribution in [0.2, 0.25) is 0 Å². The Labute approximate surface area is 216 Å². The van der Waals surface area contributed by atoms with Crippen LogP contribution in [-0.4, -0.2) is 126 Å². The van der Waals surface area contributed by atoms with Crippen molar-refractivity contribution >= 4 is 35.3 Å². The van der Waals surface area contributed by atoms with Gasteiger partial charge >= 0.3 is 19.5 Å². The average Bonchev–Trinajstić information content (AvgIpc) is 2.79. The summed E-state index contributed by atoms with van der Waals surface area (Å²) in [5, 5.41) is 20.4. The fourth-order valence-electron chi connectivity index (χ4n) is 2.17. The number of amides is 2. The van der Waals surface area contributed by atoms with Crippen LogP contribution >= 0.6 is 0 Å². The van der Waals surface area contributed by atoms with Crippen LogP contribution in [0.5, 0.6) is 0 Å². The molecule has 2 amide bonds. The maximum absolute atomic E-state index is 11.6. The molecule has 0 N–H and O–H groups in total. The van der Waals surface area contributed by atoms with E-state index in [1.54, 1.807) is 0 Å². The molecule has 0 heterocycles. The number of ether oxygens (including phenoxy) is 4. The molecule has 0 aliphatic rings. The monoisotopic (exact) mass is 556 g/mol. The number of hydrogen-bond acceptors (Lipinski definition) is 12. The summed E-state index contributed by atoms with van der Waals surface area (Å²) >= 11 is 0. The van der Waals surface area contributed by atoms with Gasteiger partial charge in [0.25, 0.3) is 0 Å². The molecule has 0 fully saturated rings. The van der Waals surface area contributed by atoms with E-state index in [1.807, 2.05) is 0 Å². The Balaban J connectivity index is -0.000000569. The fraction of sp³-hybridized carbons (Fsp3) is 0.700. The number of carboxylic acid groups (broad SMARTS) is 2. The first kappa shape index (κ1) is 37.2. The molecule has 0 rings (SSSR count). The van der Waals surface area contributed by atoms with Crippen LogP contribution in [0.3, 0.4) is 0 Å². The number of carbonyl (C=O) groups is 6. The second-order valence-electron chi connectivity index (χ2n) is 6.51. The standard InChI is InChI=1S/2C10H17NO6.Zn/c2*1-16-5-3-11(4-6-17-2)9(13)7-8(12)10(14)15;/h2*3-7H2,1-2H3,(H,14,15);/q;;+2/p-2. The van der Waals surface area contributed by atoms with Crippen LogP contribution < -0.4 is 10.2 Å². The van der Waals surface area contributed by atoms with Gasteiger partial charge in [0.2, 0.25) is 11.8 Å². The van der Waals surface area contributed by atoms with Gasteiger partial charge < -0.3 is 48.5 Å². The third-order valence-corrected chi connectivity index (χ3v) is 4.05. The Bertz CT molecular complexity index is 602. The van der Waals surface area contributed by atoms with Crippen molar-refractivity contribution in [2.75, 3.05) is 81.0 Å². The first-order valence-electron chi connectivity index (χ1n) is 10.0. The summed E-state index contributed by atoms with van der Waals surface area (Å²) in [7, 11) is 5.91. The molecular weight excluding hydrogens is 526 g/mol. The summed E-state index contributed by atoms with van der Waals surface area (Å²) in [6.07, 6.45) is -1.40. The summed E-state index contributed by atoms with van der Waals surface area (Å²) < 4.78 is 19.2. The molecule has 0 atom stereocenters. The predicted octanol–water partition coefficient (Wildman–Crippen LogP) is -4.37. The second kappa shape index (κ2) is 23.4. The molecular formula is C20H32N2O12Zn. The minimum absolute atomic E-state index is 0. The minimum atomic E-state index is -1.85. The van der Waals surface area contributed by atoms with Gasteiger partial charge in [0.05, 0.1) is 39.3 Å². The molecule has 0 spiro atoms. The molecule has 0 unspecified atom stereocenters. The average molecular weight is 558 g/mol. The van der Waals surface area contributed by atoms with Gasteiger partial charge in [0.1, 0.15) is 11.9 Å². The molecule has 15 heteroatoms. The first-order valence-corrected chi connectivity index (χ1v) is 10.0. The molecule has 0 radical (unpaired) electrons. The number of nitrogens with zero attached hydrogens (tertiary/aromatic N) is 2. The van der Waals surface area contributed by atoms with Gasteiger partial charge in [-0.3, -0.25) is 19.2 Å². The summed E-state index contributed by atoms with van der Waals surface area (Å²) in [6.45, 7) is 2.31. The van der Waals surface area contributed by atoms with Crippen LogP contribution in [0.4, 0.5) is 0 Å². The van der Waals surface area contributed by atoms with E-state index in [-0.39, 0.29) is 45.7 Å². The van der Waals surface area contributed by atoms with Crippen molar-refractivity contribution in [2.24, 2.45) is 0 Å². The molecule has 35 heavy (non-hydrogen) atoms. The van der Waals surface area contributed by atoms with E-state index >= 15 is 0 Å². The molecule has 0 saturated heterocycles. The molecule has 196 valence electrons. The number of aliphatic carboxylic acids is 2. The molecule has 0 saturated carbocycles. The molecule has 0 aromatic rings. The van der Waals surface area contributed by atoms with E-state index in [4.69, 9.17) is 18.9 Å². The van der Waals surface area contributed by atoms with Gasteiger partial charge in [-0.1, -0.05) is 0 Å². The van der Waals surface area contributed by atoms with E-state index in [9.17, 15) is 39.0 Å². The van der Waals surface area contributed by atoms with Crippen molar-refractivity contribution in [1.82, 2.24) is 9.80 Å². The number of carbonyl (C=O) groups excluding carboxylic acids is 6. The van der Waals surface area contributed by atoms with Crippen molar-refractivity contribution in [3.8, 4) is 0 Å². The zero-order valence-corrected chi connectivity index (χ0v) is 23.5. The van der Waals surface area contributed by atoms with Gasteiger partial charge in [0, 0.05) is 54.6 Å². The maximum atomic E-state index is 11.6. The fourth-order valence-corrected chi connectivity index (χ4v) is 2.17. The largest absolute Gasteiger partial charge is 2.00 e. The van der Waals surface area contributed by atoms with Crippen LogP contribution in [0, 0.1) is 0 Å². The second-order valence-corrected chi connectivity index (χ2v) is 6.51. The van der Waals surface area contributed by atoms with Gasteiger partial charge in [-0.2, -0.15) is 0 Å². The maximum Gasteiger partial charge on any atom is 2.00 e. The third kappa shape index (κ3) is 19.7. The Kier molecular flexibility index (Phi) is 24.9. The van der Waals surface area contributed by atoms with Crippen molar-refractivity contribution in [2.45, 2.75) is 12.8 Å². The molecule has 0 aromatic heterocycles. The summed E-state index contributed by atoms with van der Waals surface area (Å²) in [6, 6.07) is 0. The summed E-state index contributed by atoms with van der Waals surface area (Å²) in [5.41, 5.74) is 0. The van der Waals surface area contributed by atoms with Crippen molar-refractivity contribution in [3.05, 3.63) is 0 Å². The minimum Gasteiger partial charge on any atom is -0.542 e. The van der Waals surface area contributed by atoms with Crippen molar-refractivity contribution in [3.63, 3.8) is 0 Å². The predicted molar refractivity (Wildman–Crippen MR) is 110 cm³/mol. The third-order valence-electron chi connectivity index (χ3n) is 4.05. The Hall–Kier alpha value is -2.32. The first-order chi connectivity index (χ1) is 16.0. The Morgan fingerprint density at radius 2 is 0.771 bits per heavy atom. The van der Waals surface area contributed by atoms with Crippen LogP contribution in [0.25, 0.3) is 0 Å². The SMILES string of the molecule is COCCN(CCOC)C(=O)CC(=O)C(=O)[O-].COCCN(CCOC)C(=O)CC(=O)C(=O)[O-].[Zn+2]. The quantitative estimate of drug-likeness (QED) is 0.0894. The molecule has 14 nitrogen and oxygen atoms in total. The van der Waals surface area contributed by atoms with Crippen LogP contribution in [0.1, 0.15) is 12.8 Å². The summed E-state index contributed by atoms with van der Waals surface area (Å²) in [5.74, 6) is -7.31. The normalized spacial score (nSPS) is 9.71. The number of carboxylic acids is 2. The molecule has 0 aliphatic carbocycles. The van der Waals surface area contributed by atoms with E-state index in [1.165, 1.54) is 38.2 Å². The number of rotatable bonds is 18. The number of ketones is 2. The van der Waals surface area contributed by atoms with E-state index in [0.717, 1.165) is 0 Å². The summed E-state index contributed by atoms with van der Waals surface area (Å²) in [4.78, 5) is 67.8. The van der Waals surface area contributed by atoms with Crippen molar-refractivity contribution < 1.29 is 77.4 Å². The Morgan fingerprint density at radius 1 is 0.543 bits per heavy atom. The number of Topliss-reactive ketones (excluding diaryl/α,β-unsaturated/α-hetero) is 2. The smallest absolute Gasteiger partial charge is 0.542 e. The molecule has 0 bridgehead atoms. The van der Waals surface area contributed by atoms with E-state index in [0.29, 0.717) is 26.4 Å². The van der Waals surface area contributed by atoms with Crippen LogP contribution in [0.15, 0.2) is 0 Å². The van der Waals surface area contributed by atoms with Gasteiger partial charge in [-0.25, -0.2) is 0 Å². The van der Waals surface area contributed by atoms with Gasteiger partial charge in [-0.15, -0.1) is 0 Å². The number of hydrogen-bond donors (Lipinski definition) is 0. The Morgan fingerprint density at radius 3 is 0.943 bits per heavy atom. The number of methoxy groups -OCH3 is 4. The van der Waals surface area contributed by atoms with Gasteiger partial charge in [-0.05, 0) is 0 Å². The van der Waals surface area contributed by atoms with E-state index < -0.39 is 48.2 Å². The van der Waals surface area contributed by atoms with E-state index in [2.05, 4.69) is 0 Å². The topological polar surface area (TPSA) is 192 Å². The zero-order chi connectivity index (χ0) is 26.5. The van der Waals surface area contributed by atoms with Gasteiger partial charge in [0.15, 0.2) is 11.6 Å². The zero-order valence-electron chi connectivity index (χ0n) is 20.6. The van der Waals surface area contributed by atoms with Crippen LogP contribution in [-0.2, 0) is 67.2 Å². The molecule has 0 aromatic carbocycles. The van der Waals surface area contributed by atoms with Crippen molar-refractivity contribution in [1.29, 1.82) is 0 Å².